The van der Waals surface area contributed by atoms with E-state index in [4.69, 9.17) is 5.73 Å². The van der Waals surface area contributed by atoms with Crippen molar-refractivity contribution >= 4 is 5.91 Å². The molecule has 5 unspecified atom stereocenters. The second-order valence-corrected chi connectivity index (χ2v) is 9.57. The van der Waals surface area contributed by atoms with Crippen LogP contribution in [0.4, 0.5) is 0 Å². The predicted octanol–water partition coefficient (Wildman–Crippen LogP) is 2.40. The lowest BCUT2D eigenvalue weighted by Crippen LogP contribution is -2.56. The Hall–Kier alpha value is -1.12. The third kappa shape index (κ3) is 2.68. The van der Waals surface area contributed by atoms with Gasteiger partial charge in [-0.1, -0.05) is 19.3 Å². The SMILES string of the molecule is N#CC1CC2CC2N1C(=O)[C@@H](N)C1CC2CC[C@@H](C1)N2C1CCCCC1. The van der Waals surface area contributed by atoms with Crippen molar-refractivity contribution in [1.29, 1.82) is 5.26 Å². The van der Waals surface area contributed by atoms with Gasteiger partial charge in [0.05, 0.1) is 12.1 Å². The Bertz CT molecular complexity index is 596. The summed E-state index contributed by atoms with van der Waals surface area (Å²) in [6, 6.07) is 4.08. The van der Waals surface area contributed by atoms with Crippen molar-refractivity contribution in [2.45, 2.75) is 107 Å². The second kappa shape index (κ2) is 6.49. The number of hydrogen-bond acceptors (Lipinski definition) is 4. The average molecular weight is 357 g/mol. The predicted molar refractivity (Wildman–Crippen MR) is 99.0 cm³/mol. The first-order valence-corrected chi connectivity index (χ1v) is 10.9. The van der Waals surface area contributed by atoms with Gasteiger partial charge < -0.3 is 10.6 Å². The van der Waals surface area contributed by atoms with Crippen LogP contribution in [0.3, 0.4) is 0 Å². The van der Waals surface area contributed by atoms with Crippen LogP contribution in [0, 0.1) is 23.2 Å². The third-order valence-corrected chi connectivity index (χ3v) is 8.12. The fourth-order valence-electron chi connectivity index (χ4n) is 6.79. The molecule has 5 heteroatoms. The van der Waals surface area contributed by atoms with Crippen LogP contribution in [0.1, 0.15) is 70.6 Å². The molecule has 1 amide bonds. The van der Waals surface area contributed by atoms with Gasteiger partial charge in [0, 0.05) is 24.2 Å². The third-order valence-electron chi connectivity index (χ3n) is 8.12. The fraction of sp³-hybridized carbons (Fsp3) is 0.905. The normalized spacial score (nSPS) is 43.8. The number of nitrogens with two attached hydrogens (primary N) is 1. The van der Waals surface area contributed by atoms with Crippen molar-refractivity contribution in [3.8, 4) is 6.07 Å². The number of rotatable bonds is 3. The van der Waals surface area contributed by atoms with Crippen LogP contribution < -0.4 is 5.73 Å². The highest BCUT2D eigenvalue weighted by Gasteiger charge is 2.56. The molecule has 2 aliphatic carbocycles. The molecule has 0 radical (unpaired) electrons. The quantitative estimate of drug-likeness (QED) is 0.843. The molecule has 2 saturated carbocycles. The Morgan fingerprint density at radius 3 is 2.31 bits per heavy atom. The summed E-state index contributed by atoms with van der Waals surface area (Å²) in [6.07, 6.45) is 13.6. The first-order valence-electron chi connectivity index (χ1n) is 10.9. The number of amides is 1. The van der Waals surface area contributed by atoms with Crippen molar-refractivity contribution in [2.75, 3.05) is 0 Å². The molecule has 3 saturated heterocycles. The summed E-state index contributed by atoms with van der Waals surface area (Å²) < 4.78 is 0. The van der Waals surface area contributed by atoms with E-state index in [2.05, 4.69) is 11.0 Å². The van der Waals surface area contributed by atoms with Crippen LogP contribution in [0.15, 0.2) is 0 Å². The summed E-state index contributed by atoms with van der Waals surface area (Å²) in [4.78, 5) is 17.8. The molecule has 5 rings (SSSR count). The van der Waals surface area contributed by atoms with Gasteiger partial charge in [0.25, 0.3) is 0 Å². The Balaban J connectivity index is 1.26. The highest BCUT2D eigenvalue weighted by Crippen LogP contribution is 2.49. The minimum Gasteiger partial charge on any atom is -0.322 e. The van der Waals surface area contributed by atoms with Gasteiger partial charge in [0.2, 0.25) is 5.91 Å². The molecule has 26 heavy (non-hydrogen) atoms. The summed E-state index contributed by atoms with van der Waals surface area (Å²) in [5, 5.41) is 9.40. The molecule has 5 aliphatic rings. The topological polar surface area (TPSA) is 73.4 Å². The molecule has 2 bridgehead atoms. The second-order valence-electron chi connectivity index (χ2n) is 9.57. The van der Waals surface area contributed by atoms with Crippen LogP contribution >= 0.6 is 0 Å². The van der Waals surface area contributed by atoms with Gasteiger partial charge >= 0.3 is 0 Å². The van der Waals surface area contributed by atoms with E-state index in [0.29, 0.717) is 30.0 Å². The summed E-state index contributed by atoms with van der Waals surface area (Å²) in [5.74, 6) is 0.939. The Morgan fingerprint density at radius 2 is 1.65 bits per heavy atom. The zero-order chi connectivity index (χ0) is 17.8. The molecule has 0 aromatic rings. The maximum Gasteiger partial charge on any atom is 0.241 e. The molecule has 5 nitrogen and oxygen atoms in total. The van der Waals surface area contributed by atoms with Crippen LogP contribution in [-0.2, 0) is 4.79 Å². The number of carbonyl (C=O) groups excluding carboxylic acids is 1. The maximum atomic E-state index is 13.1. The zero-order valence-electron chi connectivity index (χ0n) is 15.7. The summed E-state index contributed by atoms with van der Waals surface area (Å²) in [7, 11) is 0. The van der Waals surface area contributed by atoms with E-state index in [0.717, 1.165) is 31.7 Å². The molecule has 142 valence electrons. The molecular weight excluding hydrogens is 324 g/mol. The fourth-order valence-corrected chi connectivity index (χ4v) is 6.79. The van der Waals surface area contributed by atoms with E-state index < -0.39 is 6.04 Å². The highest BCUT2D eigenvalue weighted by molar-refractivity contribution is 5.84. The minimum absolute atomic E-state index is 0.0667. The number of likely N-dealkylation sites (tertiary alicyclic amines) is 1. The number of nitrogens with zero attached hydrogens (tertiary/aromatic N) is 3. The van der Waals surface area contributed by atoms with Crippen LogP contribution in [0.2, 0.25) is 0 Å². The molecular formula is C21H32N4O. The van der Waals surface area contributed by atoms with Crippen molar-refractivity contribution in [3.05, 3.63) is 0 Å². The van der Waals surface area contributed by atoms with Gasteiger partial charge in [-0.25, -0.2) is 0 Å². The first-order chi connectivity index (χ1) is 12.7. The average Bonchev–Trinajstić information content (AvgIpc) is 3.26. The van der Waals surface area contributed by atoms with Crippen LogP contribution in [0.5, 0.6) is 0 Å². The van der Waals surface area contributed by atoms with Crippen molar-refractivity contribution < 1.29 is 4.79 Å². The van der Waals surface area contributed by atoms with E-state index in [1.807, 2.05) is 4.90 Å². The standard InChI is InChI=1S/C21H32N4O/c22-12-18-8-13-11-19(13)25(18)21(26)20(23)14-9-16-6-7-17(10-14)24(16)15-4-2-1-3-5-15/h13-20H,1-11,23H2/t13?,14?,16-,17?,18?,19?,20-/m0/s1. The monoisotopic (exact) mass is 356 g/mol. The summed E-state index contributed by atoms with van der Waals surface area (Å²) in [5.41, 5.74) is 6.53. The van der Waals surface area contributed by atoms with Crippen LogP contribution in [-0.4, -0.2) is 52.0 Å². The molecule has 0 aromatic carbocycles. The molecule has 7 atom stereocenters. The van der Waals surface area contributed by atoms with Gasteiger partial charge in [-0.2, -0.15) is 5.26 Å². The lowest BCUT2D eigenvalue weighted by atomic mass is 9.82. The first kappa shape index (κ1) is 17.0. The van der Waals surface area contributed by atoms with E-state index in [1.54, 1.807) is 0 Å². The maximum absolute atomic E-state index is 13.1. The van der Waals surface area contributed by atoms with Gasteiger partial charge in [-0.05, 0) is 63.2 Å². The Labute approximate surface area is 156 Å². The lowest BCUT2D eigenvalue weighted by molar-refractivity contribution is -0.135. The largest absolute Gasteiger partial charge is 0.322 e. The van der Waals surface area contributed by atoms with E-state index in [-0.39, 0.29) is 11.9 Å². The van der Waals surface area contributed by atoms with Gasteiger partial charge in [0.1, 0.15) is 6.04 Å². The molecule has 0 spiro atoms. The smallest absolute Gasteiger partial charge is 0.241 e. The zero-order valence-corrected chi connectivity index (χ0v) is 15.7. The Kier molecular flexibility index (Phi) is 4.25. The van der Waals surface area contributed by atoms with Gasteiger partial charge in [-0.15, -0.1) is 0 Å². The molecule has 3 heterocycles. The lowest BCUT2D eigenvalue weighted by Gasteiger charge is -2.46. The molecule has 0 aromatic heterocycles. The number of fused-ring (bicyclic) bond motifs is 3. The number of nitriles is 1. The number of hydrogen-bond donors (Lipinski definition) is 1. The summed E-state index contributed by atoms with van der Waals surface area (Å²) in [6.45, 7) is 0. The van der Waals surface area contributed by atoms with Crippen LogP contribution in [0.25, 0.3) is 0 Å². The van der Waals surface area contributed by atoms with Gasteiger partial charge in [0.15, 0.2) is 0 Å². The van der Waals surface area contributed by atoms with Crippen molar-refractivity contribution in [1.82, 2.24) is 9.80 Å². The summed E-state index contributed by atoms with van der Waals surface area (Å²) >= 11 is 0. The molecule has 2 N–H and O–H groups in total. The Morgan fingerprint density at radius 1 is 0.962 bits per heavy atom. The van der Waals surface area contributed by atoms with Crippen molar-refractivity contribution in [2.24, 2.45) is 17.6 Å². The van der Waals surface area contributed by atoms with E-state index in [9.17, 15) is 10.1 Å². The van der Waals surface area contributed by atoms with E-state index >= 15 is 0 Å². The van der Waals surface area contributed by atoms with E-state index in [1.165, 1.54) is 44.9 Å². The van der Waals surface area contributed by atoms with Gasteiger partial charge in [-0.3, -0.25) is 9.69 Å². The minimum atomic E-state index is -0.401. The number of piperidine rings is 2. The number of carbonyl (C=O) groups is 1. The highest BCUT2D eigenvalue weighted by atomic mass is 16.2. The molecule has 3 aliphatic heterocycles. The van der Waals surface area contributed by atoms with Crippen molar-refractivity contribution in [3.63, 3.8) is 0 Å². The molecule has 5 fully saturated rings.